The van der Waals surface area contributed by atoms with Crippen LogP contribution in [0.2, 0.25) is 0 Å². The molecule has 6 aromatic carbocycles. The smallest absolute Gasteiger partial charge is 0.234 e. The fourth-order valence-corrected chi connectivity index (χ4v) is 11.0. The van der Waals surface area contributed by atoms with Gasteiger partial charge in [0.05, 0.1) is 16.4 Å². The van der Waals surface area contributed by atoms with Crippen LogP contribution in [0, 0.1) is 0 Å². The van der Waals surface area contributed by atoms with Crippen molar-refractivity contribution in [3.8, 4) is 22.3 Å². The molecule has 0 spiro atoms. The number of thiophene rings is 1. The van der Waals surface area contributed by atoms with Crippen LogP contribution in [0.25, 0.3) is 85.9 Å². The lowest BCUT2D eigenvalue weighted by Crippen LogP contribution is -2.37. The summed E-state index contributed by atoms with van der Waals surface area (Å²) in [5.41, 5.74) is 15.3. The number of hydrogen-bond acceptors (Lipinski definition) is 1. The van der Waals surface area contributed by atoms with Gasteiger partial charge in [-0.15, -0.1) is 11.3 Å². The molecule has 0 N–H and O–H groups in total. The molecule has 1 aliphatic rings. The van der Waals surface area contributed by atoms with Crippen LogP contribution in [0.15, 0.2) is 103 Å². The first kappa shape index (κ1) is 32.6. The first-order valence-electron chi connectivity index (χ1n) is 19.6. The summed E-state index contributed by atoms with van der Waals surface area (Å²) in [6.07, 6.45) is 2.38. The number of hydrogen-bond donors (Lipinski definition) is 0. The van der Waals surface area contributed by atoms with Crippen LogP contribution in [0.3, 0.4) is 0 Å². The average molecular weight is 708 g/mol. The van der Waals surface area contributed by atoms with E-state index in [1.807, 2.05) is 11.3 Å². The summed E-state index contributed by atoms with van der Waals surface area (Å²) in [5.74, 6) is 1.74. The van der Waals surface area contributed by atoms with Gasteiger partial charge in [-0.25, -0.2) is 0 Å². The van der Waals surface area contributed by atoms with Crippen molar-refractivity contribution in [3.05, 3.63) is 126 Å². The fourth-order valence-electron chi connectivity index (χ4n) is 9.76. The molecule has 0 saturated heterocycles. The Morgan fingerprint density at radius 3 is 1.79 bits per heavy atom. The minimum absolute atomic E-state index is 0.434. The van der Waals surface area contributed by atoms with E-state index in [1.165, 1.54) is 108 Å². The van der Waals surface area contributed by atoms with Crippen molar-refractivity contribution in [2.75, 3.05) is 0 Å². The highest BCUT2D eigenvalue weighted by atomic mass is 32.1. The first-order chi connectivity index (χ1) is 25.6. The highest BCUT2D eigenvalue weighted by Gasteiger charge is 2.31. The zero-order valence-corrected chi connectivity index (χ0v) is 33.0. The van der Waals surface area contributed by atoms with Crippen molar-refractivity contribution < 1.29 is 4.57 Å². The maximum atomic E-state index is 2.63. The quantitative estimate of drug-likeness (QED) is 0.120. The summed E-state index contributed by atoms with van der Waals surface area (Å²) in [4.78, 5) is 0. The molecule has 3 aromatic heterocycles. The largest absolute Gasteiger partial charge is 0.284 e. The topological polar surface area (TPSA) is 8.81 Å². The number of rotatable bonds is 6. The lowest BCUT2D eigenvalue weighted by Gasteiger charge is -2.20. The molecule has 0 saturated carbocycles. The predicted molar refractivity (Wildman–Crippen MR) is 230 cm³/mol. The summed E-state index contributed by atoms with van der Waals surface area (Å²) in [7, 11) is 0. The minimum atomic E-state index is 0.434. The van der Waals surface area contributed by atoms with Gasteiger partial charge in [0.25, 0.3) is 0 Å². The Kier molecular flexibility index (Phi) is 7.24. The second-order valence-electron chi connectivity index (χ2n) is 16.7. The van der Waals surface area contributed by atoms with E-state index in [9.17, 15) is 0 Å². The zero-order chi connectivity index (χ0) is 36.4. The normalized spacial score (nSPS) is 13.1. The standard InChI is InChI=1S/C50H47N2S/c1-27(2)32-15-11-16-33(28(3)4)43(32)31-19-21-41-40(25-31)45-37-14-10-9-13-36(37)38-20-22-42-47-46(38)48(45)52(41)26-51-24-23-39(50(53-42)49(47)51)44-34(29(5)6)17-12-18-35(44)30(7)8/h9-25,27-30H,26H2,1-8H3/q+1. The third-order valence-electron chi connectivity index (χ3n) is 12.2. The number of fused-ring (bicyclic) bond motifs is 6. The Morgan fingerprint density at radius 2 is 1.15 bits per heavy atom. The molecule has 0 radical (unpaired) electrons. The molecule has 0 bridgehead atoms. The van der Waals surface area contributed by atoms with E-state index in [1.54, 1.807) is 0 Å². The van der Waals surface area contributed by atoms with Crippen LogP contribution < -0.4 is 4.57 Å². The van der Waals surface area contributed by atoms with E-state index in [2.05, 4.69) is 168 Å². The Hall–Kier alpha value is -4.99. The third-order valence-corrected chi connectivity index (χ3v) is 13.3. The van der Waals surface area contributed by atoms with Crippen molar-refractivity contribution >= 4 is 75.0 Å². The summed E-state index contributed by atoms with van der Waals surface area (Å²) >= 11 is 1.98. The van der Waals surface area contributed by atoms with Gasteiger partial charge >= 0.3 is 0 Å². The second kappa shape index (κ2) is 11.8. The van der Waals surface area contributed by atoms with Crippen LogP contribution in [-0.2, 0) is 6.67 Å². The van der Waals surface area contributed by atoms with Gasteiger partial charge in [-0.2, -0.15) is 4.57 Å². The SMILES string of the molecule is CC(C)c1cccc(C(C)C)c1-c1ccc2c(c1)c1c3ccccc3c3ccc4sc5c(-c6c(C(C)C)cccc6C(C)C)cc[n+]6c5c4c3c1n2C6. The zero-order valence-electron chi connectivity index (χ0n) is 32.1. The van der Waals surface area contributed by atoms with E-state index in [4.69, 9.17) is 0 Å². The Balaban J connectivity index is 1.37. The van der Waals surface area contributed by atoms with Crippen molar-refractivity contribution in [1.82, 2.24) is 4.57 Å². The van der Waals surface area contributed by atoms with Gasteiger partial charge in [-0.3, -0.25) is 4.57 Å². The van der Waals surface area contributed by atoms with Gasteiger partial charge in [0.15, 0.2) is 6.20 Å². The lowest BCUT2D eigenvalue weighted by molar-refractivity contribution is -0.674. The monoisotopic (exact) mass is 707 g/mol. The van der Waals surface area contributed by atoms with Crippen LogP contribution in [0.5, 0.6) is 0 Å². The Labute approximate surface area is 316 Å². The summed E-state index contributed by atoms with van der Waals surface area (Å²) in [5, 5.41) is 9.56. The highest BCUT2D eigenvalue weighted by Crippen LogP contribution is 2.50. The molecule has 9 aromatic rings. The first-order valence-corrected chi connectivity index (χ1v) is 20.4. The molecule has 3 heteroatoms. The molecule has 1 aliphatic heterocycles. The Morgan fingerprint density at radius 1 is 0.547 bits per heavy atom. The maximum Gasteiger partial charge on any atom is 0.234 e. The summed E-state index contributed by atoms with van der Waals surface area (Å²) in [6, 6.07) is 37.6. The van der Waals surface area contributed by atoms with Crippen molar-refractivity contribution in [3.63, 3.8) is 0 Å². The number of pyridine rings is 1. The molecule has 2 nitrogen and oxygen atoms in total. The molecule has 0 unspecified atom stereocenters. The van der Waals surface area contributed by atoms with Crippen LogP contribution in [-0.4, -0.2) is 4.57 Å². The minimum Gasteiger partial charge on any atom is -0.284 e. The lowest BCUT2D eigenvalue weighted by atomic mass is 9.84. The number of nitrogens with zero attached hydrogens (tertiary/aromatic N) is 2. The van der Waals surface area contributed by atoms with Gasteiger partial charge in [0.2, 0.25) is 12.2 Å². The van der Waals surface area contributed by atoms with E-state index >= 15 is 0 Å². The molecule has 53 heavy (non-hydrogen) atoms. The molecular weight excluding hydrogens is 661 g/mol. The molecule has 0 atom stereocenters. The molecule has 4 heterocycles. The van der Waals surface area contributed by atoms with Crippen molar-refractivity contribution in [2.45, 2.75) is 85.7 Å². The molecule has 0 fully saturated rings. The molecular formula is C50H47N2S+. The fraction of sp³-hybridized carbons (Fsp3) is 0.260. The van der Waals surface area contributed by atoms with Crippen LogP contribution in [0.4, 0.5) is 0 Å². The molecule has 0 amide bonds. The number of benzene rings is 6. The average Bonchev–Trinajstić information content (AvgIpc) is 3.65. The van der Waals surface area contributed by atoms with Gasteiger partial charge in [0, 0.05) is 32.5 Å². The highest BCUT2D eigenvalue weighted by molar-refractivity contribution is 7.26. The molecule has 0 aliphatic carbocycles. The maximum absolute atomic E-state index is 2.63. The Bertz CT molecular complexity index is 2930. The van der Waals surface area contributed by atoms with Gasteiger partial charge in [-0.05, 0) is 97.0 Å². The van der Waals surface area contributed by atoms with E-state index in [-0.39, 0.29) is 0 Å². The predicted octanol–water partition coefficient (Wildman–Crippen LogP) is 14.4. The van der Waals surface area contributed by atoms with Crippen LogP contribution in [0.1, 0.15) is 101 Å². The van der Waals surface area contributed by atoms with Crippen molar-refractivity contribution in [1.29, 1.82) is 0 Å². The second-order valence-corrected chi connectivity index (χ2v) is 17.7. The number of aromatic nitrogens is 2. The third kappa shape index (κ3) is 4.53. The van der Waals surface area contributed by atoms with E-state index in [0.29, 0.717) is 23.7 Å². The van der Waals surface area contributed by atoms with Crippen molar-refractivity contribution in [2.24, 2.45) is 0 Å². The summed E-state index contributed by atoms with van der Waals surface area (Å²) < 4.78 is 7.94. The van der Waals surface area contributed by atoms with Crippen LogP contribution >= 0.6 is 11.3 Å². The van der Waals surface area contributed by atoms with Gasteiger partial charge in [0.1, 0.15) is 4.70 Å². The summed E-state index contributed by atoms with van der Waals surface area (Å²) in [6.45, 7) is 19.5. The molecule has 262 valence electrons. The molecule has 10 rings (SSSR count). The van der Waals surface area contributed by atoms with Gasteiger partial charge in [-0.1, -0.05) is 128 Å². The van der Waals surface area contributed by atoms with E-state index < -0.39 is 0 Å². The van der Waals surface area contributed by atoms with E-state index in [0.717, 1.165) is 6.67 Å². The van der Waals surface area contributed by atoms with Gasteiger partial charge < -0.3 is 0 Å².